The number of nitrogens with zero attached hydrogens (tertiary/aromatic N) is 2. The average molecular weight is 291 g/mol. The molecule has 0 spiro atoms. The molecule has 1 heterocycles. The monoisotopic (exact) mass is 291 g/mol. The van der Waals surface area contributed by atoms with E-state index in [9.17, 15) is 0 Å². The van der Waals surface area contributed by atoms with E-state index in [4.69, 9.17) is 10.8 Å². The third-order valence-corrected chi connectivity index (χ3v) is 4.68. The van der Waals surface area contributed by atoms with Crippen molar-refractivity contribution in [3.8, 4) is 0 Å². The summed E-state index contributed by atoms with van der Waals surface area (Å²) >= 11 is 0. The highest BCUT2D eigenvalue weighted by atomic mass is 15.3. The van der Waals surface area contributed by atoms with Crippen molar-refractivity contribution in [2.24, 2.45) is 17.2 Å². The van der Waals surface area contributed by atoms with E-state index in [1.54, 1.807) is 0 Å². The molecule has 21 heavy (non-hydrogen) atoms. The molecule has 1 fully saturated rings. The Kier molecular flexibility index (Phi) is 4.15. The summed E-state index contributed by atoms with van der Waals surface area (Å²) in [5.41, 5.74) is 4.00. The Morgan fingerprint density at radius 3 is 2.19 bits per heavy atom. The van der Waals surface area contributed by atoms with Crippen LogP contribution in [0.1, 0.15) is 58.8 Å². The third kappa shape index (κ3) is 3.28. The number of nitrogen functional groups attached to an aromatic ring is 1. The molecule has 0 amide bonds. The Balaban J connectivity index is 2.26. The molecule has 1 aliphatic carbocycles. The fourth-order valence-electron chi connectivity index (χ4n) is 2.54. The number of anilines is 2. The van der Waals surface area contributed by atoms with Crippen LogP contribution in [-0.2, 0) is 5.41 Å². The van der Waals surface area contributed by atoms with E-state index in [0.29, 0.717) is 17.2 Å². The summed E-state index contributed by atoms with van der Waals surface area (Å²) in [6, 6.07) is 0. The van der Waals surface area contributed by atoms with Gasteiger partial charge in [-0.05, 0) is 31.1 Å². The van der Waals surface area contributed by atoms with Gasteiger partial charge < -0.3 is 10.7 Å². The van der Waals surface area contributed by atoms with Gasteiger partial charge in [-0.25, -0.2) is 15.8 Å². The summed E-state index contributed by atoms with van der Waals surface area (Å²) < 4.78 is 0. The lowest BCUT2D eigenvalue weighted by Gasteiger charge is -2.24. The van der Waals surface area contributed by atoms with Gasteiger partial charge in [0.1, 0.15) is 17.5 Å². The zero-order valence-electron chi connectivity index (χ0n) is 14.2. The highest BCUT2D eigenvalue weighted by Crippen LogP contribution is 2.51. The van der Waals surface area contributed by atoms with Crippen molar-refractivity contribution in [3.05, 3.63) is 11.4 Å². The number of rotatable bonds is 5. The van der Waals surface area contributed by atoms with Crippen molar-refractivity contribution in [2.45, 2.75) is 59.8 Å². The SMILES string of the molecule is Cc1c(NN)nc(C(C)(C)C)nc1NCC1(C(C)C)CC1. The first-order valence-electron chi connectivity index (χ1n) is 7.79. The zero-order valence-corrected chi connectivity index (χ0v) is 14.2. The third-order valence-electron chi connectivity index (χ3n) is 4.68. The number of nitrogens with two attached hydrogens (primary N) is 1. The number of hydrazine groups is 1. The minimum atomic E-state index is -0.106. The van der Waals surface area contributed by atoms with Gasteiger partial charge in [-0.1, -0.05) is 34.6 Å². The first kappa shape index (κ1) is 16.0. The van der Waals surface area contributed by atoms with Crippen LogP contribution in [0.4, 0.5) is 11.6 Å². The van der Waals surface area contributed by atoms with Crippen molar-refractivity contribution in [2.75, 3.05) is 17.3 Å². The molecular weight excluding hydrogens is 262 g/mol. The van der Waals surface area contributed by atoms with Crippen molar-refractivity contribution in [3.63, 3.8) is 0 Å². The smallest absolute Gasteiger partial charge is 0.148 e. The summed E-state index contributed by atoms with van der Waals surface area (Å²) in [6.45, 7) is 13.9. The van der Waals surface area contributed by atoms with Gasteiger partial charge in [0, 0.05) is 17.5 Å². The molecule has 0 atom stereocenters. The first-order chi connectivity index (χ1) is 9.69. The maximum absolute atomic E-state index is 5.61. The molecule has 1 aromatic rings. The van der Waals surface area contributed by atoms with Crippen LogP contribution in [0.15, 0.2) is 0 Å². The fraction of sp³-hybridized carbons (Fsp3) is 0.750. The molecule has 0 bridgehead atoms. The van der Waals surface area contributed by atoms with E-state index in [1.807, 2.05) is 6.92 Å². The van der Waals surface area contributed by atoms with Crippen LogP contribution >= 0.6 is 0 Å². The molecule has 4 N–H and O–H groups in total. The maximum atomic E-state index is 5.61. The standard InChI is InChI=1S/C16H29N5/c1-10(2)16(7-8-16)9-18-12-11(3)13(21-17)20-14(19-12)15(4,5)6/h10H,7-9,17H2,1-6H3,(H2,18,19,20,21). The molecule has 0 radical (unpaired) electrons. The molecule has 0 saturated heterocycles. The van der Waals surface area contributed by atoms with Gasteiger partial charge in [0.2, 0.25) is 0 Å². The van der Waals surface area contributed by atoms with E-state index in [2.05, 4.69) is 50.3 Å². The highest BCUT2D eigenvalue weighted by molar-refractivity contribution is 5.57. The van der Waals surface area contributed by atoms with Gasteiger partial charge in [-0.3, -0.25) is 0 Å². The minimum absolute atomic E-state index is 0.106. The normalized spacial score (nSPS) is 17.0. The summed E-state index contributed by atoms with van der Waals surface area (Å²) in [5.74, 6) is 8.70. The predicted molar refractivity (Wildman–Crippen MR) is 88.3 cm³/mol. The van der Waals surface area contributed by atoms with Gasteiger partial charge in [0.15, 0.2) is 0 Å². The summed E-state index contributed by atoms with van der Waals surface area (Å²) in [4.78, 5) is 9.26. The van der Waals surface area contributed by atoms with Crippen LogP contribution in [0.25, 0.3) is 0 Å². The molecule has 0 aromatic carbocycles. The molecular formula is C16H29N5. The second-order valence-corrected chi connectivity index (χ2v) is 7.63. The first-order valence-corrected chi connectivity index (χ1v) is 7.79. The van der Waals surface area contributed by atoms with Gasteiger partial charge in [-0.15, -0.1) is 0 Å². The van der Waals surface area contributed by atoms with Crippen molar-refractivity contribution < 1.29 is 0 Å². The topological polar surface area (TPSA) is 75.9 Å². The Morgan fingerprint density at radius 1 is 1.19 bits per heavy atom. The Labute approximate surface area is 128 Å². The number of aromatic nitrogens is 2. The van der Waals surface area contributed by atoms with Crippen molar-refractivity contribution in [1.29, 1.82) is 0 Å². The summed E-state index contributed by atoms with van der Waals surface area (Å²) in [6.07, 6.45) is 2.60. The van der Waals surface area contributed by atoms with E-state index >= 15 is 0 Å². The van der Waals surface area contributed by atoms with Gasteiger partial charge in [0.25, 0.3) is 0 Å². The molecule has 1 aliphatic rings. The van der Waals surface area contributed by atoms with E-state index < -0.39 is 0 Å². The molecule has 2 rings (SSSR count). The summed E-state index contributed by atoms with van der Waals surface area (Å²) in [5, 5.41) is 3.54. The highest BCUT2D eigenvalue weighted by Gasteiger charge is 2.45. The second kappa shape index (κ2) is 5.44. The van der Waals surface area contributed by atoms with E-state index in [0.717, 1.165) is 23.8 Å². The molecule has 1 saturated carbocycles. The van der Waals surface area contributed by atoms with Crippen LogP contribution in [0.3, 0.4) is 0 Å². The molecule has 0 unspecified atom stereocenters. The second-order valence-electron chi connectivity index (χ2n) is 7.63. The Morgan fingerprint density at radius 2 is 1.76 bits per heavy atom. The minimum Gasteiger partial charge on any atom is -0.369 e. The Bertz CT molecular complexity index is 512. The van der Waals surface area contributed by atoms with Gasteiger partial charge in [0.05, 0.1) is 0 Å². The molecule has 1 aromatic heterocycles. The van der Waals surface area contributed by atoms with Crippen molar-refractivity contribution >= 4 is 11.6 Å². The lowest BCUT2D eigenvalue weighted by Crippen LogP contribution is -2.25. The quantitative estimate of drug-likeness (QED) is 0.573. The van der Waals surface area contributed by atoms with Crippen molar-refractivity contribution in [1.82, 2.24) is 9.97 Å². The number of hydrogen-bond acceptors (Lipinski definition) is 5. The summed E-state index contributed by atoms with van der Waals surface area (Å²) in [7, 11) is 0. The van der Waals surface area contributed by atoms with Gasteiger partial charge >= 0.3 is 0 Å². The van der Waals surface area contributed by atoms with E-state index in [1.165, 1.54) is 12.8 Å². The molecule has 5 heteroatoms. The zero-order chi connectivity index (χ0) is 15.8. The lowest BCUT2D eigenvalue weighted by atomic mass is 9.92. The molecule has 118 valence electrons. The number of nitrogens with one attached hydrogen (secondary N) is 2. The van der Waals surface area contributed by atoms with Crippen LogP contribution in [0.2, 0.25) is 0 Å². The van der Waals surface area contributed by atoms with Crippen LogP contribution < -0.4 is 16.6 Å². The Hall–Kier alpha value is -1.36. The molecule has 0 aliphatic heterocycles. The van der Waals surface area contributed by atoms with Gasteiger partial charge in [-0.2, -0.15) is 0 Å². The van der Waals surface area contributed by atoms with E-state index in [-0.39, 0.29) is 5.41 Å². The average Bonchev–Trinajstić information content (AvgIpc) is 3.17. The van der Waals surface area contributed by atoms with Crippen LogP contribution in [0, 0.1) is 18.3 Å². The maximum Gasteiger partial charge on any atom is 0.148 e. The predicted octanol–water partition coefficient (Wildman–Crippen LogP) is 3.22. The van der Waals surface area contributed by atoms with Crippen LogP contribution in [-0.4, -0.2) is 16.5 Å². The lowest BCUT2D eigenvalue weighted by molar-refractivity contribution is 0.379. The van der Waals surface area contributed by atoms with Crippen LogP contribution in [0.5, 0.6) is 0 Å². The number of hydrogen-bond donors (Lipinski definition) is 3. The fourth-order valence-corrected chi connectivity index (χ4v) is 2.54. The molecule has 5 nitrogen and oxygen atoms in total. The largest absolute Gasteiger partial charge is 0.369 e.